The summed E-state index contributed by atoms with van der Waals surface area (Å²) in [7, 11) is 0. The van der Waals surface area contributed by atoms with E-state index in [0.29, 0.717) is 32.7 Å². The molecule has 144 valence electrons. The first-order valence-electron chi connectivity index (χ1n) is 8.69. The number of piperazine rings is 1. The molecule has 1 aliphatic rings. The number of rotatable bonds is 3. The molecule has 26 heavy (non-hydrogen) atoms. The van der Waals surface area contributed by atoms with Crippen LogP contribution in [0, 0.1) is 6.92 Å². The van der Waals surface area contributed by atoms with Gasteiger partial charge in [-0.3, -0.25) is 9.59 Å². The smallest absolute Gasteiger partial charge is 0.410 e. The van der Waals surface area contributed by atoms with E-state index in [0.717, 1.165) is 10.0 Å². The van der Waals surface area contributed by atoms with Gasteiger partial charge in [0.25, 0.3) is 5.56 Å². The van der Waals surface area contributed by atoms with Gasteiger partial charge in [0.2, 0.25) is 5.91 Å². The van der Waals surface area contributed by atoms with Gasteiger partial charge >= 0.3 is 6.09 Å². The van der Waals surface area contributed by atoms with Crippen molar-refractivity contribution >= 4 is 27.9 Å². The van der Waals surface area contributed by atoms with E-state index in [1.165, 1.54) is 4.57 Å². The fraction of sp³-hybridized carbons (Fsp3) is 0.611. The molecule has 0 bridgehead atoms. The minimum atomic E-state index is -0.528. The third-order valence-corrected chi connectivity index (χ3v) is 4.95. The summed E-state index contributed by atoms with van der Waals surface area (Å²) >= 11 is 3.40. The molecule has 0 saturated carbocycles. The Morgan fingerprint density at radius 1 is 1.15 bits per heavy atom. The molecule has 1 saturated heterocycles. The van der Waals surface area contributed by atoms with Crippen molar-refractivity contribution in [1.29, 1.82) is 0 Å². The van der Waals surface area contributed by atoms with E-state index in [1.54, 1.807) is 22.1 Å². The highest BCUT2D eigenvalue weighted by Gasteiger charge is 2.27. The van der Waals surface area contributed by atoms with Crippen LogP contribution < -0.4 is 5.56 Å². The number of hydrogen-bond acceptors (Lipinski definition) is 4. The molecule has 1 aliphatic heterocycles. The average Bonchev–Trinajstić information content (AvgIpc) is 2.55. The minimum absolute atomic E-state index is 0.0163. The number of ether oxygens (including phenoxy) is 1. The van der Waals surface area contributed by atoms with Gasteiger partial charge in [0.1, 0.15) is 5.60 Å². The van der Waals surface area contributed by atoms with Crippen molar-refractivity contribution in [3.05, 3.63) is 32.7 Å². The molecule has 1 aromatic rings. The predicted octanol–water partition coefficient (Wildman–Crippen LogP) is 2.39. The van der Waals surface area contributed by atoms with Gasteiger partial charge < -0.3 is 19.1 Å². The van der Waals surface area contributed by atoms with Crippen LogP contribution in [-0.2, 0) is 16.1 Å². The maximum atomic E-state index is 12.4. The van der Waals surface area contributed by atoms with Gasteiger partial charge in [-0.05, 0) is 49.2 Å². The van der Waals surface area contributed by atoms with Gasteiger partial charge in [-0.15, -0.1) is 0 Å². The van der Waals surface area contributed by atoms with E-state index in [-0.39, 0.29) is 24.0 Å². The van der Waals surface area contributed by atoms with E-state index in [1.807, 2.05) is 27.7 Å². The maximum Gasteiger partial charge on any atom is 0.410 e. The van der Waals surface area contributed by atoms with Crippen molar-refractivity contribution in [3.63, 3.8) is 0 Å². The molecule has 0 N–H and O–H groups in total. The fourth-order valence-corrected chi connectivity index (χ4v) is 3.01. The number of nitrogens with zero attached hydrogens (tertiary/aromatic N) is 3. The van der Waals surface area contributed by atoms with Crippen molar-refractivity contribution in [1.82, 2.24) is 14.4 Å². The normalized spacial score (nSPS) is 15.1. The molecule has 0 atom stereocenters. The Morgan fingerprint density at radius 2 is 1.73 bits per heavy atom. The molecule has 1 fully saturated rings. The molecule has 8 heteroatoms. The Bertz CT molecular complexity index is 731. The van der Waals surface area contributed by atoms with Crippen LogP contribution in [-0.4, -0.2) is 58.1 Å². The number of carbonyl (C=O) groups excluding carboxylic acids is 2. The molecule has 7 nitrogen and oxygen atoms in total. The second kappa shape index (κ2) is 8.24. The predicted molar refractivity (Wildman–Crippen MR) is 102 cm³/mol. The molecule has 0 spiro atoms. The Morgan fingerprint density at radius 3 is 2.31 bits per heavy atom. The summed E-state index contributed by atoms with van der Waals surface area (Å²) in [5.74, 6) is -0.0163. The fourth-order valence-electron chi connectivity index (χ4n) is 2.65. The first kappa shape index (κ1) is 20.5. The van der Waals surface area contributed by atoms with Gasteiger partial charge in [-0.1, -0.05) is 0 Å². The molecule has 0 unspecified atom stereocenters. The van der Waals surface area contributed by atoms with Gasteiger partial charge in [-0.25, -0.2) is 4.79 Å². The van der Waals surface area contributed by atoms with Crippen molar-refractivity contribution in [2.45, 2.75) is 46.3 Å². The quantitative estimate of drug-likeness (QED) is 0.742. The number of pyridine rings is 1. The highest BCUT2D eigenvalue weighted by molar-refractivity contribution is 9.10. The Kier molecular flexibility index (Phi) is 6.49. The molecule has 1 aromatic heterocycles. The Hall–Kier alpha value is -1.83. The Balaban J connectivity index is 1.84. The number of aromatic nitrogens is 1. The highest BCUT2D eigenvalue weighted by atomic mass is 79.9. The summed E-state index contributed by atoms with van der Waals surface area (Å²) in [5, 5.41) is 0. The number of aryl methyl sites for hydroxylation is 2. The lowest BCUT2D eigenvalue weighted by Gasteiger charge is -2.35. The van der Waals surface area contributed by atoms with E-state index in [9.17, 15) is 14.4 Å². The standard InChI is InChI=1S/C18H26BrN3O4/c1-13-11-16(24)22(12-14(13)19)6-5-15(23)20-7-9-21(10-8-20)17(25)26-18(2,3)4/h11-12H,5-10H2,1-4H3. The zero-order valence-corrected chi connectivity index (χ0v) is 17.3. The van der Waals surface area contributed by atoms with Crippen LogP contribution >= 0.6 is 15.9 Å². The van der Waals surface area contributed by atoms with Crippen molar-refractivity contribution in [2.75, 3.05) is 26.2 Å². The van der Waals surface area contributed by atoms with Gasteiger partial charge in [0.05, 0.1) is 0 Å². The molecule has 2 heterocycles. The monoisotopic (exact) mass is 427 g/mol. The van der Waals surface area contributed by atoms with Crippen LogP contribution in [0.15, 0.2) is 21.5 Å². The van der Waals surface area contributed by atoms with E-state index < -0.39 is 5.60 Å². The zero-order valence-electron chi connectivity index (χ0n) is 15.7. The molecular formula is C18H26BrN3O4. The minimum Gasteiger partial charge on any atom is -0.444 e. The van der Waals surface area contributed by atoms with Crippen LogP contribution in [0.3, 0.4) is 0 Å². The van der Waals surface area contributed by atoms with Crippen molar-refractivity contribution in [2.24, 2.45) is 0 Å². The molecule has 0 radical (unpaired) electrons. The summed E-state index contributed by atoms with van der Waals surface area (Å²) in [6.45, 7) is 9.54. The average molecular weight is 428 g/mol. The number of hydrogen-bond donors (Lipinski definition) is 0. The lowest BCUT2D eigenvalue weighted by molar-refractivity contribution is -0.133. The molecule has 2 amide bonds. The van der Waals surface area contributed by atoms with Crippen LogP contribution in [0.1, 0.15) is 32.8 Å². The van der Waals surface area contributed by atoms with Crippen LogP contribution in [0.2, 0.25) is 0 Å². The Labute approximate surface area is 162 Å². The third-order valence-electron chi connectivity index (χ3n) is 4.12. The largest absolute Gasteiger partial charge is 0.444 e. The number of amides is 2. The van der Waals surface area contributed by atoms with Crippen LogP contribution in [0.5, 0.6) is 0 Å². The zero-order chi connectivity index (χ0) is 19.5. The topological polar surface area (TPSA) is 71.9 Å². The third kappa shape index (κ3) is 5.59. The molecular weight excluding hydrogens is 402 g/mol. The lowest BCUT2D eigenvalue weighted by atomic mass is 10.2. The summed E-state index contributed by atoms with van der Waals surface area (Å²) in [4.78, 5) is 39.8. The van der Waals surface area contributed by atoms with Gasteiger partial charge in [-0.2, -0.15) is 0 Å². The van der Waals surface area contributed by atoms with Gasteiger partial charge in [0, 0.05) is 55.9 Å². The number of carbonyl (C=O) groups is 2. The summed E-state index contributed by atoms with van der Waals surface area (Å²) < 4.78 is 7.73. The highest BCUT2D eigenvalue weighted by Crippen LogP contribution is 2.14. The first-order valence-corrected chi connectivity index (χ1v) is 9.48. The maximum absolute atomic E-state index is 12.4. The van der Waals surface area contributed by atoms with E-state index in [4.69, 9.17) is 4.74 Å². The summed E-state index contributed by atoms with van der Waals surface area (Å²) in [6.07, 6.45) is 1.62. The van der Waals surface area contributed by atoms with Crippen LogP contribution in [0.25, 0.3) is 0 Å². The molecule has 0 aromatic carbocycles. The van der Waals surface area contributed by atoms with E-state index >= 15 is 0 Å². The van der Waals surface area contributed by atoms with Crippen molar-refractivity contribution in [3.8, 4) is 0 Å². The van der Waals surface area contributed by atoms with Crippen molar-refractivity contribution < 1.29 is 14.3 Å². The SMILES string of the molecule is Cc1cc(=O)n(CCC(=O)N2CCN(C(=O)OC(C)(C)C)CC2)cc1Br. The summed E-state index contributed by atoms with van der Waals surface area (Å²) in [6, 6.07) is 1.55. The lowest BCUT2D eigenvalue weighted by Crippen LogP contribution is -2.51. The van der Waals surface area contributed by atoms with Gasteiger partial charge in [0.15, 0.2) is 0 Å². The second-order valence-electron chi connectivity index (χ2n) is 7.43. The number of halogens is 1. The molecule has 2 rings (SSSR count). The first-order chi connectivity index (χ1) is 12.1. The van der Waals surface area contributed by atoms with Crippen LogP contribution in [0.4, 0.5) is 4.79 Å². The summed E-state index contributed by atoms with van der Waals surface area (Å²) in [5.41, 5.74) is 0.226. The van der Waals surface area contributed by atoms with E-state index in [2.05, 4.69) is 15.9 Å². The molecule has 0 aliphatic carbocycles. The second-order valence-corrected chi connectivity index (χ2v) is 8.29.